The van der Waals surface area contributed by atoms with Gasteiger partial charge in [-0.1, -0.05) is 36.4 Å². The molecular weight excluding hydrogens is 494 g/mol. The van der Waals surface area contributed by atoms with Crippen LogP contribution in [-0.4, -0.2) is 25.6 Å². The summed E-state index contributed by atoms with van der Waals surface area (Å²) in [6.07, 6.45) is 3.76. The first-order valence-electron chi connectivity index (χ1n) is 10.9. The Morgan fingerprint density at radius 2 is 1.82 bits per heavy atom. The van der Waals surface area contributed by atoms with E-state index in [9.17, 15) is 9.59 Å². The summed E-state index contributed by atoms with van der Waals surface area (Å²) in [6, 6.07) is 20.7. The highest BCUT2D eigenvalue weighted by molar-refractivity contribution is 9.10. The van der Waals surface area contributed by atoms with E-state index in [4.69, 9.17) is 9.47 Å². The van der Waals surface area contributed by atoms with Crippen LogP contribution in [0.5, 0.6) is 5.75 Å². The second-order valence-electron chi connectivity index (χ2n) is 7.75. The zero-order chi connectivity index (χ0) is 24.2. The predicted molar refractivity (Wildman–Crippen MR) is 138 cm³/mol. The van der Waals surface area contributed by atoms with Crippen molar-refractivity contribution in [3.8, 4) is 5.75 Å². The molecule has 0 radical (unpaired) electrons. The summed E-state index contributed by atoms with van der Waals surface area (Å²) >= 11 is 3.54. The third-order valence-electron chi connectivity index (χ3n) is 5.49. The average Bonchev–Trinajstić information content (AvgIpc) is 3.16. The molecule has 0 saturated heterocycles. The maximum absolute atomic E-state index is 13.7. The minimum absolute atomic E-state index is 0.141. The number of aryl methyl sites for hydroxylation is 1. The monoisotopic (exact) mass is 517 g/mol. The van der Waals surface area contributed by atoms with Gasteiger partial charge < -0.3 is 9.47 Å². The molecule has 34 heavy (non-hydrogen) atoms. The third-order valence-corrected chi connectivity index (χ3v) is 6.11. The molecule has 0 fully saturated rings. The fourth-order valence-electron chi connectivity index (χ4n) is 3.89. The Balaban J connectivity index is 1.78. The summed E-state index contributed by atoms with van der Waals surface area (Å²) in [5.41, 5.74) is 5.08. The molecule has 0 aliphatic carbocycles. The molecule has 1 aliphatic rings. The Morgan fingerprint density at radius 3 is 2.47 bits per heavy atom. The number of anilines is 1. The molecule has 5 nitrogen and oxygen atoms in total. The number of amides is 1. The van der Waals surface area contributed by atoms with Crippen molar-refractivity contribution in [2.24, 2.45) is 0 Å². The molecule has 0 saturated carbocycles. The number of halogens is 1. The highest BCUT2D eigenvalue weighted by Gasteiger charge is 2.31. The van der Waals surface area contributed by atoms with Gasteiger partial charge in [0.25, 0.3) is 5.91 Å². The molecule has 0 atom stereocenters. The van der Waals surface area contributed by atoms with Gasteiger partial charge in [0.15, 0.2) is 0 Å². The van der Waals surface area contributed by atoms with Gasteiger partial charge in [0.2, 0.25) is 0 Å². The Bertz CT molecular complexity index is 1310. The van der Waals surface area contributed by atoms with Crippen LogP contribution in [0.4, 0.5) is 5.69 Å². The van der Waals surface area contributed by atoms with E-state index in [1.54, 1.807) is 23.1 Å². The Hall–Kier alpha value is -3.64. The van der Waals surface area contributed by atoms with Crippen molar-refractivity contribution in [1.82, 2.24) is 0 Å². The number of ether oxygens (including phenoxy) is 2. The lowest BCUT2D eigenvalue weighted by Gasteiger charge is -2.23. The predicted octanol–water partition coefficient (Wildman–Crippen LogP) is 6.41. The second kappa shape index (κ2) is 10.1. The van der Waals surface area contributed by atoms with Gasteiger partial charge in [-0.25, -0.2) is 4.79 Å². The van der Waals surface area contributed by atoms with Crippen LogP contribution < -0.4 is 9.64 Å². The standard InChI is InChI=1S/C28H24BrNO4/c1-4-34-26-13-10-19(16-23(26)29)15-22-17-25(20-8-6-5-7-9-20)30(27(22)31)24-12-11-21(14-18(24)2)28(32)33-3/h5-17H,4H2,1-3H3/b22-15+. The summed E-state index contributed by atoms with van der Waals surface area (Å²) in [6.45, 7) is 4.39. The van der Waals surface area contributed by atoms with Crippen LogP contribution in [0.15, 0.2) is 82.9 Å². The van der Waals surface area contributed by atoms with E-state index in [-0.39, 0.29) is 5.91 Å². The molecule has 1 aliphatic heterocycles. The van der Waals surface area contributed by atoms with E-state index in [0.29, 0.717) is 23.4 Å². The average molecular weight is 518 g/mol. The van der Waals surface area contributed by atoms with Gasteiger partial charge in [0.05, 0.1) is 35.1 Å². The van der Waals surface area contributed by atoms with E-state index in [0.717, 1.165) is 32.6 Å². The zero-order valence-electron chi connectivity index (χ0n) is 19.2. The summed E-state index contributed by atoms with van der Waals surface area (Å²) < 4.78 is 11.3. The van der Waals surface area contributed by atoms with Crippen LogP contribution in [0.3, 0.4) is 0 Å². The molecule has 1 heterocycles. The molecule has 3 aromatic rings. The van der Waals surface area contributed by atoms with Crippen molar-refractivity contribution < 1.29 is 19.1 Å². The number of rotatable bonds is 6. The smallest absolute Gasteiger partial charge is 0.337 e. The van der Waals surface area contributed by atoms with Crippen molar-refractivity contribution >= 4 is 45.3 Å². The van der Waals surface area contributed by atoms with Crippen LogP contribution in [0.1, 0.15) is 34.0 Å². The van der Waals surface area contributed by atoms with Gasteiger partial charge in [0, 0.05) is 5.57 Å². The maximum Gasteiger partial charge on any atom is 0.337 e. The second-order valence-corrected chi connectivity index (χ2v) is 8.61. The number of hydrogen-bond acceptors (Lipinski definition) is 4. The molecule has 0 N–H and O–H groups in total. The van der Waals surface area contributed by atoms with E-state index in [1.165, 1.54) is 7.11 Å². The van der Waals surface area contributed by atoms with E-state index in [1.807, 2.05) is 74.5 Å². The largest absolute Gasteiger partial charge is 0.493 e. The molecule has 4 rings (SSSR count). The molecular formula is C28H24BrNO4. The summed E-state index contributed by atoms with van der Waals surface area (Å²) in [5, 5.41) is 0. The molecule has 0 aromatic heterocycles. The number of carbonyl (C=O) groups is 2. The lowest BCUT2D eigenvalue weighted by atomic mass is 10.1. The van der Waals surface area contributed by atoms with Crippen LogP contribution in [0.25, 0.3) is 11.8 Å². The minimum Gasteiger partial charge on any atom is -0.493 e. The van der Waals surface area contributed by atoms with Crippen molar-refractivity contribution in [1.29, 1.82) is 0 Å². The van der Waals surface area contributed by atoms with Crippen molar-refractivity contribution in [3.63, 3.8) is 0 Å². The Kier molecular flexibility index (Phi) is 6.98. The molecule has 1 amide bonds. The van der Waals surface area contributed by atoms with Crippen molar-refractivity contribution in [2.75, 3.05) is 18.6 Å². The first kappa shape index (κ1) is 23.5. The van der Waals surface area contributed by atoms with Crippen molar-refractivity contribution in [3.05, 3.63) is 105 Å². The first-order valence-corrected chi connectivity index (χ1v) is 11.7. The molecule has 0 spiro atoms. The van der Waals surface area contributed by atoms with E-state index in [2.05, 4.69) is 15.9 Å². The minimum atomic E-state index is -0.414. The van der Waals surface area contributed by atoms with Crippen molar-refractivity contribution in [2.45, 2.75) is 13.8 Å². The Labute approximate surface area is 207 Å². The van der Waals surface area contributed by atoms with Gasteiger partial charge >= 0.3 is 5.97 Å². The molecule has 0 unspecified atom stereocenters. The summed E-state index contributed by atoms with van der Waals surface area (Å²) in [5.74, 6) is 0.200. The van der Waals surface area contributed by atoms with Crippen LogP contribution in [-0.2, 0) is 9.53 Å². The van der Waals surface area contributed by atoms with Crippen LogP contribution >= 0.6 is 15.9 Å². The van der Waals surface area contributed by atoms with Gasteiger partial charge in [-0.3, -0.25) is 9.69 Å². The third kappa shape index (κ3) is 4.68. The first-order chi connectivity index (χ1) is 16.4. The lowest BCUT2D eigenvalue weighted by molar-refractivity contribution is -0.113. The fourth-order valence-corrected chi connectivity index (χ4v) is 4.40. The van der Waals surface area contributed by atoms with Crippen LogP contribution in [0, 0.1) is 6.92 Å². The SMILES string of the molecule is CCOc1ccc(/C=C2\C=C(c3ccccc3)N(c3ccc(C(=O)OC)cc3C)C2=O)cc1Br. The maximum atomic E-state index is 13.7. The highest BCUT2D eigenvalue weighted by Crippen LogP contribution is 2.37. The van der Waals surface area contributed by atoms with E-state index < -0.39 is 5.97 Å². The topological polar surface area (TPSA) is 55.8 Å². The molecule has 6 heteroatoms. The normalized spacial score (nSPS) is 14.4. The number of hydrogen-bond donors (Lipinski definition) is 0. The van der Waals surface area contributed by atoms with Gasteiger partial charge in [-0.15, -0.1) is 0 Å². The van der Waals surface area contributed by atoms with Gasteiger partial charge in [-0.2, -0.15) is 0 Å². The number of methoxy groups -OCH3 is 1. The van der Waals surface area contributed by atoms with Crippen LogP contribution in [0.2, 0.25) is 0 Å². The lowest BCUT2D eigenvalue weighted by Crippen LogP contribution is -2.26. The molecule has 0 bridgehead atoms. The summed E-state index contributed by atoms with van der Waals surface area (Å²) in [4.78, 5) is 27.3. The van der Waals surface area contributed by atoms with Gasteiger partial charge in [-0.05, 0) is 89.0 Å². The number of carbonyl (C=O) groups excluding carboxylic acids is 2. The van der Waals surface area contributed by atoms with E-state index >= 15 is 0 Å². The quantitative estimate of drug-likeness (QED) is 0.280. The highest BCUT2D eigenvalue weighted by atomic mass is 79.9. The van der Waals surface area contributed by atoms with Gasteiger partial charge in [0.1, 0.15) is 5.75 Å². The number of nitrogens with zero attached hydrogens (tertiary/aromatic N) is 1. The molecule has 3 aromatic carbocycles. The number of benzene rings is 3. The Morgan fingerprint density at radius 1 is 1.06 bits per heavy atom. The zero-order valence-corrected chi connectivity index (χ0v) is 20.8. The molecule has 172 valence electrons. The number of esters is 1. The fraction of sp³-hybridized carbons (Fsp3) is 0.143. The summed E-state index contributed by atoms with van der Waals surface area (Å²) in [7, 11) is 1.35.